The summed E-state index contributed by atoms with van der Waals surface area (Å²) in [6.07, 6.45) is 12.2. The van der Waals surface area contributed by atoms with Crippen LogP contribution in [0.1, 0.15) is 41.5 Å². The third-order valence-corrected chi connectivity index (χ3v) is 5.48. The molecule has 0 rings (SSSR count). The molecule has 82 valence electrons. The zero-order valence-corrected chi connectivity index (χ0v) is 11.5. The number of terminal acetylenes is 1. The summed E-state index contributed by atoms with van der Waals surface area (Å²) in [5.74, 6) is 0. The van der Waals surface area contributed by atoms with Crippen LogP contribution in [-0.4, -0.2) is 18.6 Å². The van der Waals surface area contributed by atoms with Gasteiger partial charge in [-0.2, -0.15) is 0 Å². The van der Waals surface area contributed by atoms with Crippen molar-refractivity contribution in [3.63, 3.8) is 0 Å². The van der Waals surface area contributed by atoms with Gasteiger partial charge < -0.3 is 0 Å². The molecule has 0 N–H and O–H groups in total. The lowest BCUT2D eigenvalue weighted by molar-refractivity contribution is 0.459. The Labute approximate surface area is 90.5 Å². The van der Waals surface area contributed by atoms with Crippen LogP contribution in [0.4, 0.5) is 0 Å². The Hall–Kier alpha value is -0.140. The predicted molar refractivity (Wildman–Crippen MR) is 71.5 cm³/mol. The Kier molecular flexibility index (Phi) is 4.12. The molecule has 0 amide bonds. The second-order valence-corrected chi connectivity index (χ2v) is 9.89. The summed E-state index contributed by atoms with van der Waals surface area (Å²) in [6.45, 7) is 12.0. The van der Waals surface area contributed by atoms with Crippen LogP contribution in [0, 0.1) is 22.9 Å². The normalized spacial score (nSPS) is 13.8. The fourth-order valence-corrected chi connectivity index (χ4v) is 5.89. The van der Waals surface area contributed by atoms with Crippen molar-refractivity contribution in [2.75, 3.05) is 12.3 Å². The average molecular weight is 212 g/mol. The highest BCUT2D eigenvalue weighted by Crippen LogP contribution is 2.52. The Morgan fingerprint density at radius 1 is 1.00 bits per heavy atom. The lowest BCUT2D eigenvalue weighted by Crippen LogP contribution is -2.18. The van der Waals surface area contributed by atoms with Gasteiger partial charge in [0, 0.05) is 0 Å². The van der Waals surface area contributed by atoms with E-state index in [0.29, 0.717) is 10.8 Å². The molecule has 0 atom stereocenters. The van der Waals surface area contributed by atoms with E-state index in [1.807, 2.05) is 0 Å². The third kappa shape index (κ3) is 6.33. The van der Waals surface area contributed by atoms with E-state index in [4.69, 9.17) is 6.42 Å². The minimum atomic E-state index is -1.42. The zero-order valence-electron chi connectivity index (χ0n) is 10.6. The highest BCUT2D eigenvalue weighted by Gasteiger charge is 2.25. The summed E-state index contributed by atoms with van der Waals surface area (Å²) in [5.41, 5.74) is 3.59. The second kappa shape index (κ2) is 4.16. The predicted octanol–water partition coefficient (Wildman–Crippen LogP) is 4.12. The maximum Gasteiger partial charge on any atom is -0.0179 e. The summed E-state index contributed by atoms with van der Waals surface area (Å²) in [6, 6.07) is 0. The molecule has 0 heterocycles. The van der Waals surface area contributed by atoms with Crippen molar-refractivity contribution in [1.82, 2.24) is 0 Å². The number of hydrogen-bond donors (Lipinski definition) is 0. The molecule has 0 aromatic heterocycles. The first-order chi connectivity index (χ1) is 5.97. The lowest BCUT2D eigenvalue weighted by Gasteiger charge is -2.32. The van der Waals surface area contributed by atoms with Gasteiger partial charge in [0.1, 0.15) is 0 Å². The van der Waals surface area contributed by atoms with E-state index in [1.54, 1.807) is 0 Å². The van der Waals surface area contributed by atoms with Crippen molar-refractivity contribution in [2.24, 2.45) is 10.8 Å². The summed E-state index contributed by atoms with van der Waals surface area (Å²) in [4.78, 5) is 0. The molecule has 0 saturated heterocycles. The minimum Gasteiger partial charge on any atom is -0.116 e. The molecule has 0 spiro atoms. The van der Waals surface area contributed by atoms with Gasteiger partial charge in [-0.05, 0) is 30.0 Å². The molecular formula is C13H25P. The molecule has 0 radical (unpaired) electrons. The molecule has 0 aliphatic carbocycles. The molecule has 1 heteroatoms. The topological polar surface area (TPSA) is 0 Å². The molecule has 0 aromatic carbocycles. The highest BCUT2D eigenvalue weighted by atomic mass is 31.2. The number of hydrogen-bond acceptors (Lipinski definition) is 0. The Morgan fingerprint density at radius 3 is 1.43 bits per heavy atom. The van der Waals surface area contributed by atoms with Crippen molar-refractivity contribution in [2.45, 2.75) is 41.5 Å². The van der Waals surface area contributed by atoms with E-state index >= 15 is 0 Å². The van der Waals surface area contributed by atoms with E-state index in [0.717, 1.165) is 12.3 Å². The van der Waals surface area contributed by atoms with Crippen molar-refractivity contribution in [1.29, 1.82) is 0 Å². The average Bonchev–Trinajstić information content (AvgIpc) is 1.78. The van der Waals surface area contributed by atoms with E-state index in [-0.39, 0.29) is 0 Å². The van der Waals surface area contributed by atoms with Gasteiger partial charge in [-0.3, -0.25) is 0 Å². The standard InChI is InChI=1S/C13H25P/c1-9-14(8,10-12(2,3)4)11-13(5,6)7/h1H,8,10-11H2,2-7H3. The molecule has 0 unspecified atom stereocenters. The van der Waals surface area contributed by atoms with Gasteiger partial charge in [0.25, 0.3) is 0 Å². The molecule has 0 nitrogen and oxygen atoms in total. The maximum absolute atomic E-state index is 5.66. The minimum absolute atomic E-state index is 0.299. The van der Waals surface area contributed by atoms with Gasteiger partial charge >= 0.3 is 0 Å². The van der Waals surface area contributed by atoms with Crippen LogP contribution in [0.3, 0.4) is 0 Å². The van der Waals surface area contributed by atoms with Crippen molar-refractivity contribution in [3.05, 3.63) is 0 Å². The molecule has 14 heavy (non-hydrogen) atoms. The van der Waals surface area contributed by atoms with Crippen molar-refractivity contribution < 1.29 is 0 Å². The fourth-order valence-electron chi connectivity index (χ4n) is 1.96. The van der Waals surface area contributed by atoms with Gasteiger partial charge in [0.15, 0.2) is 0 Å². The van der Waals surface area contributed by atoms with E-state index in [1.165, 1.54) is 0 Å². The molecule has 0 aliphatic rings. The summed E-state index contributed by atoms with van der Waals surface area (Å²) in [5, 5.41) is 0. The van der Waals surface area contributed by atoms with Crippen LogP contribution in [-0.2, 0) is 0 Å². The van der Waals surface area contributed by atoms with Crippen molar-refractivity contribution in [3.8, 4) is 12.1 Å². The Balaban J connectivity index is 4.70. The molecule has 0 aromatic rings. The summed E-state index contributed by atoms with van der Waals surface area (Å²) >= 11 is 0. The SMILES string of the molecule is C#CP(=C)(CC(C)(C)C)CC(C)(C)C. The van der Waals surface area contributed by atoms with E-state index in [9.17, 15) is 0 Å². The van der Waals surface area contributed by atoms with Crippen LogP contribution < -0.4 is 0 Å². The lowest BCUT2D eigenvalue weighted by atomic mass is 10.0. The van der Waals surface area contributed by atoms with Crippen LogP contribution >= 0.6 is 6.89 Å². The van der Waals surface area contributed by atoms with E-state index < -0.39 is 6.89 Å². The number of rotatable bonds is 2. The van der Waals surface area contributed by atoms with Crippen LogP contribution in [0.15, 0.2) is 0 Å². The summed E-state index contributed by atoms with van der Waals surface area (Å²) in [7, 11) is 0. The monoisotopic (exact) mass is 212 g/mol. The second-order valence-electron chi connectivity index (χ2n) is 6.71. The first kappa shape index (κ1) is 13.9. The molecule has 0 fully saturated rings. The third-order valence-electron chi connectivity index (χ3n) is 1.83. The largest absolute Gasteiger partial charge is 0.116 e. The fraction of sp³-hybridized carbons (Fsp3) is 0.769. The zero-order chi connectivity index (χ0) is 11.6. The maximum atomic E-state index is 5.66. The first-order valence-electron chi connectivity index (χ1n) is 5.17. The molecular weight excluding hydrogens is 187 g/mol. The van der Waals surface area contributed by atoms with Gasteiger partial charge in [-0.15, -0.1) is 6.42 Å². The quantitative estimate of drug-likeness (QED) is 0.477. The molecule has 0 aliphatic heterocycles. The van der Waals surface area contributed by atoms with Crippen LogP contribution in [0.25, 0.3) is 0 Å². The van der Waals surface area contributed by atoms with Crippen molar-refractivity contribution >= 4 is 13.2 Å². The van der Waals surface area contributed by atoms with Crippen LogP contribution in [0.5, 0.6) is 0 Å². The van der Waals surface area contributed by atoms with Crippen LogP contribution in [0.2, 0.25) is 0 Å². The first-order valence-corrected chi connectivity index (χ1v) is 7.51. The summed E-state index contributed by atoms with van der Waals surface area (Å²) < 4.78 is 0. The van der Waals surface area contributed by atoms with E-state index in [2.05, 4.69) is 53.5 Å². The Morgan fingerprint density at radius 2 is 1.29 bits per heavy atom. The van der Waals surface area contributed by atoms with Gasteiger partial charge in [-0.25, -0.2) is 0 Å². The molecule has 0 bridgehead atoms. The molecule has 0 saturated carbocycles. The Bertz CT molecular complexity index is 245. The van der Waals surface area contributed by atoms with Gasteiger partial charge in [0.2, 0.25) is 0 Å². The van der Waals surface area contributed by atoms with Gasteiger partial charge in [0.05, 0.1) is 0 Å². The van der Waals surface area contributed by atoms with Gasteiger partial charge in [-0.1, -0.05) is 53.5 Å². The highest BCUT2D eigenvalue weighted by molar-refractivity contribution is 7.78. The smallest absolute Gasteiger partial charge is 0.0179 e.